The molecular formula is C11H7N3O3S. The molecule has 0 radical (unpaired) electrons. The highest BCUT2D eigenvalue weighted by Gasteiger charge is 2.15. The first-order valence-electron chi connectivity index (χ1n) is 5.01. The summed E-state index contributed by atoms with van der Waals surface area (Å²) >= 11 is 1.31. The zero-order valence-corrected chi connectivity index (χ0v) is 9.77. The van der Waals surface area contributed by atoms with E-state index in [1.54, 1.807) is 18.2 Å². The van der Waals surface area contributed by atoms with Crippen LogP contribution in [-0.4, -0.2) is 20.5 Å². The Bertz CT molecular complexity index is 850. The molecule has 3 aromatic rings. The van der Waals surface area contributed by atoms with Gasteiger partial charge < -0.3 is 10.8 Å². The van der Waals surface area contributed by atoms with Crippen LogP contribution in [-0.2, 0) is 0 Å². The second-order valence-electron chi connectivity index (χ2n) is 3.73. The highest BCUT2D eigenvalue weighted by molar-refractivity contribution is 7.23. The van der Waals surface area contributed by atoms with E-state index in [0.29, 0.717) is 16.2 Å². The lowest BCUT2D eigenvalue weighted by Gasteiger charge is -1.97. The van der Waals surface area contributed by atoms with Gasteiger partial charge in [-0.1, -0.05) is 11.3 Å². The predicted molar refractivity (Wildman–Crippen MR) is 68.2 cm³/mol. The third kappa shape index (κ3) is 1.37. The largest absolute Gasteiger partial charge is 0.477 e. The maximum Gasteiger partial charge on any atom is 0.342 e. The number of hydrogen-bond acceptors (Lipinski definition) is 5. The van der Waals surface area contributed by atoms with Crippen LogP contribution in [0.1, 0.15) is 10.4 Å². The van der Waals surface area contributed by atoms with Gasteiger partial charge in [-0.15, -0.1) is 0 Å². The standard InChI is InChI=1S/C11H7N3O3S/c12-5-1-2-8-7(3-5)14-9(15)6(10(16)17)4-13-11(14)18-8/h1-4H,12H2,(H,16,17). The second-order valence-corrected chi connectivity index (χ2v) is 4.74. The molecule has 0 aliphatic carbocycles. The molecule has 0 amide bonds. The van der Waals surface area contributed by atoms with Crippen molar-refractivity contribution in [1.82, 2.24) is 9.38 Å². The molecule has 6 nitrogen and oxygen atoms in total. The van der Waals surface area contributed by atoms with E-state index in [4.69, 9.17) is 10.8 Å². The van der Waals surface area contributed by atoms with Gasteiger partial charge in [0.2, 0.25) is 0 Å². The normalized spacial score (nSPS) is 11.1. The van der Waals surface area contributed by atoms with Gasteiger partial charge in [-0.3, -0.25) is 9.20 Å². The van der Waals surface area contributed by atoms with Crippen LogP contribution in [0.25, 0.3) is 15.2 Å². The number of benzene rings is 1. The first-order valence-corrected chi connectivity index (χ1v) is 5.82. The number of nitrogens with two attached hydrogens (primary N) is 1. The number of anilines is 1. The van der Waals surface area contributed by atoms with E-state index in [2.05, 4.69) is 4.98 Å². The van der Waals surface area contributed by atoms with Crippen LogP contribution < -0.4 is 11.3 Å². The highest BCUT2D eigenvalue weighted by Crippen LogP contribution is 2.25. The summed E-state index contributed by atoms with van der Waals surface area (Å²) in [6, 6.07) is 5.14. The molecular weight excluding hydrogens is 254 g/mol. The van der Waals surface area contributed by atoms with Crippen LogP contribution >= 0.6 is 11.3 Å². The molecule has 2 aromatic heterocycles. The van der Waals surface area contributed by atoms with E-state index in [1.165, 1.54) is 15.7 Å². The van der Waals surface area contributed by atoms with Crippen molar-refractivity contribution in [2.45, 2.75) is 0 Å². The lowest BCUT2D eigenvalue weighted by Crippen LogP contribution is -2.21. The van der Waals surface area contributed by atoms with Crippen molar-refractivity contribution in [3.63, 3.8) is 0 Å². The molecule has 0 aliphatic heterocycles. The number of fused-ring (bicyclic) bond motifs is 3. The topological polar surface area (TPSA) is 97.7 Å². The molecule has 3 rings (SSSR count). The van der Waals surface area contributed by atoms with E-state index in [0.717, 1.165) is 10.9 Å². The summed E-state index contributed by atoms with van der Waals surface area (Å²) in [4.78, 5) is 27.4. The van der Waals surface area contributed by atoms with Crippen molar-refractivity contribution in [3.05, 3.63) is 40.3 Å². The summed E-state index contributed by atoms with van der Waals surface area (Å²) in [6.45, 7) is 0. The zero-order valence-electron chi connectivity index (χ0n) is 8.95. The van der Waals surface area contributed by atoms with Crippen LogP contribution in [0, 0.1) is 0 Å². The number of hydrogen-bond donors (Lipinski definition) is 2. The summed E-state index contributed by atoms with van der Waals surface area (Å²) in [5, 5.41) is 8.91. The third-order valence-electron chi connectivity index (χ3n) is 2.58. The second kappa shape index (κ2) is 3.54. The molecule has 0 saturated heterocycles. The Morgan fingerprint density at radius 3 is 2.94 bits per heavy atom. The lowest BCUT2D eigenvalue weighted by atomic mass is 10.3. The Hall–Kier alpha value is -2.41. The number of aromatic nitrogens is 2. The van der Waals surface area contributed by atoms with Gasteiger partial charge in [-0.2, -0.15) is 0 Å². The van der Waals surface area contributed by atoms with Gasteiger partial charge in [-0.05, 0) is 18.2 Å². The fourth-order valence-electron chi connectivity index (χ4n) is 1.76. The number of rotatable bonds is 1. The number of carboxylic acid groups (broad SMARTS) is 1. The number of nitrogen functional groups attached to an aromatic ring is 1. The van der Waals surface area contributed by atoms with E-state index >= 15 is 0 Å². The van der Waals surface area contributed by atoms with Crippen molar-refractivity contribution in [3.8, 4) is 0 Å². The molecule has 0 spiro atoms. The average molecular weight is 261 g/mol. The lowest BCUT2D eigenvalue weighted by molar-refractivity contribution is 0.0694. The molecule has 18 heavy (non-hydrogen) atoms. The van der Waals surface area contributed by atoms with Crippen molar-refractivity contribution >= 4 is 38.2 Å². The summed E-state index contributed by atoms with van der Waals surface area (Å²) in [5.41, 5.74) is 5.82. The Balaban J connectivity index is 2.56. The van der Waals surface area contributed by atoms with Gasteiger partial charge in [0.1, 0.15) is 5.56 Å². The van der Waals surface area contributed by atoms with Gasteiger partial charge >= 0.3 is 5.97 Å². The first kappa shape index (κ1) is 10.7. The molecule has 0 unspecified atom stereocenters. The minimum atomic E-state index is -1.29. The average Bonchev–Trinajstić information content (AvgIpc) is 2.67. The first-order chi connectivity index (χ1) is 8.58. The number of thiazole rings is 1. The quantitative estimate of drug-likeness (QED) is 0.641. The molecule has 0 bridgehead atoms. The van der Waals surface area contributed by atoms with E-state index in [9.17, 15) is 9.59 Å². The maximum absolute atomic E-state index is 12.1. The van der Waals surface area contributed by atoms with Crippen LogP contribution in [0.5, 0.6) is 0 Å². The van der Waals surface area contributed by atoms with Gasteiger partial charge in [0.05, 0.1) is 16.4 Å². The molecule has 90 valence electrons. The molecule has 0 saturated carbocycles. The minimum absolute atomic E-state index is 0.352. The monoisotopic (exact) mass is 261 g/mol. The SMILES string of the molecule is Nc1ccc2sc3ncc(C(=O)O)c(=O)n3c2c1. The Morgan fingerprint density at radius 2 is 2.22 bits per heavy atom. The molecule has 3 N–H and O–H groups in total. The van der Waals surface area contributed by atoms with Crippen molar-refractivity contribution < 1.29 is 9.90 Å². The number of carbonyl (C=O) groups is 1. The molecule has 0 atom stereocenters. The third-order valence-corrected chi connectivity index (χ3v) is 3.62. The minimum Gasteiger partial charge on any atom is -0.477 e. The predicted octanol–water partition coefficient (Wildman–Crippen LogP) is 1.19. The molecule has 7 heteroatoms. The summed E-state index contributed by atoms with van der Waals surface area (Å²) in [6.07, 6.45) is 1.08. The van der Waals surface area contributed by atoms with E-state index < -0.39 is 11.5 Å². The van der Waals surface area contributed by atoms with Gasteiger partial charge in [0.15, 0.2) is 4.96 Å². The molecule has 1 aromatic carbocycles. The Kier molecular flexibility index (Phi) is 2.11. The molecule has 2 heterocycles. The fraction of sp³-hybridized carbons (Fsp3) is 0. The van der Waals surface area contributed by atoms with Crippen molar-refractivity contribution in [1.29, 1.82) is 0 Å². The maximum atomic E-state index is 12.1. The summed E-state index contributed by atoms with van der Waals surface area (Å²) in [5.74, 6) is -1.29. The Morgan fingerprint density at radius 1 is 1.44 bits per heavy atom. The highest BCUT2D eigenvalue weighted by atomic mass is 32.1. The Labute approximate surface area is 104 Å². The summed E-state index contributed by atoms with van der Waals surface area (Å²) in [7, 11) is 0. The fourth-order valence-corrected chi connectivity index (χ4v) is 2.73. The number of carboxylic acids is 1. The van der Waals surface area contributed by atoms with Crippen LogP contribution in [0.4, 0.5) is 5.69 Å². The summed E-state index contributed by atoms with van der Waals surface area (Å²) < 4.78 is 2.11. The van der Waals surface area contributed by atoms with Crippen LogP contribution in [0.2, 0.25) is 0 Å². The van der Waals surface area contributed by atoms with Crippen molar-refractivity contribution in [2.24, 2.45) is 0 Å². The van der Waals surface area contributed by atoms with Crippen LogP contribution in [0.3, 0.4) is 0 Å². The van der Waals surface area contributed by atoms with E-state index in [1.807, 2.05) is 0 Å². The van der Waals surface area contributed by atoms with Gasteiger partial charge in [0, 0.05) is 5.69 Å². The smallest absolute Gasteiger partial charge is 0.342 e. The molecule has 0 aliphatic rings. The number of nitrogens with zero attached hydrogens (tertiary/aromatic N) is 2. The van der Waals surface area contributed by atoms with E-state index in [-0.39, 0.29) is 5.56 Å². The van der Waals surface area contributed by atoms with Gasteiger partial charge in [-0.25, -0.2) is 9.78 Å². The molecule has 0 fully saturated rings. The van der Waals surface area contributed by atoms with Gasteiger partial charge in [0.25, 0.3) is 5.56 Å². The van der Waals surface area contributed by atoms with Crippen LogP contribution in [0.15, 0.2) is 29.2 Å². The number of aromatic carboxylic acids is 1. The zero-order chi connectivity index (χ0) is 12.9. The van der Waals surface area contributed by atoms with Crippen molar-refractivity contribution in [2.75, 3.05) is 5.73 Å².